The fourth-order valence-corrected chi connectivity index (χ4v) is 8.08. The van der Waals surface area contributed by atoms with Crippen molar-refractivity contribution in [1.82, 2.24) is 0 Å². The Morgan fingerprint density at radius 2 is 0.535 bits per heavy atom. The molecule has 0 saturated carbocycles. The van der Waals surface area contributed by atoms with Gasteiger partial charge in [0.05, 0.1) is 0 Å². The Balaban J connectivity index is 4.53. The maximum absolute atomic E-state index is 12.8. The third-order valence-corrected chi connectivity index (χ3v) is 12.6. The van der Waals surface area contributed by atoms with Crippen molar-refractivity contribution in [3.05, 3.63) is 97.2 Å². The quantitative estimate of drug-likeness (QED) is 0.0261. The van der Waals surface area contributed by atoms with Crippen LogP contribution in [0.15, 0.2) is 97.2 Å². The Labute approximate surface area is 438 Å². The number of carbonyl (C=O) groups is 3. The van der Waals surface area contributed by atoms with Gasteiger partial charge in [-0.1, -0.05) is 259 Å². The summed E-state index contributed by atoms with van der Waals surface area (Å²) in [5, 5.41) is 0. The van der Waals surface area contributed by atoms with Crippen LogP contribution < -0.4 is 0 Å². The number of hydrogen-bond donors (Lipinski definition) is 0. The van der Waals surface area contributed by atoms with Crippen LogP contribution in [0.25, 0.3) is 0 Å². The molecular formula is C65H110O6. The van der Waals surface area contributed by atoms with E-state index in [-0.39, 0.29) is 31.6 Å². The first-order valence-electron chi connectivity index (χ1n) is 29.7. The Bertz CT molecular complexity index is 1410. The molecule has 0 bridgehead atoms. The van der Waals surface area contributed by atoms with Crippen molar-refractivity contribution in [3.8, 4) is 0 Å². The van der Waals surface area contributed by atoms with E-state index in [9.17, 15) is 14.4 Å². The van der Waals surface area contributed by atoms with Crippen LogP contribution >= 0.6 is 0 Å². The highest BCUT2D eigenvalue weighted by Crippen LogP contribution is 2.15. The van der Waals surface area contributed by atoms with E-state index in [1.165, 1.54) is 141 Å². The molecule has 0 amide bonds. The molecule has 0 aliphatic carbocycles. The minimum Gasteiger partial charge on any atom is -0.462 e. The standard InChI is InChI=1S/C65H110O6/c1-4-7-10-13-16-19-22-25-28-31-32-35-38-41-44-47-50-53-56-59-65(68)71-62(60-69-63(66)57-54-51-48-45-42-39-36-33-29-26-23-20-17-14-11-8-5-2)61-70-64(67)58-55-52-49-46-43-40-37-34-30-27-24-21-18-15-12-9-6-3/h16-17,19-20,25-26,28-29,32,35-36,39,41,44,50,53,62H,4-15,18,21-24,27,30-31,33-34,37-38,40,42-43,45-49,51-52,54-61H2,1-3H3/b19-16-,20-17-,28-25-,29-26-,35-32-,39-36-,44-41-,53-50-/t62-/m1/s1. The molecule has 6 nitrogen and oxygen atoms in total. The lowest BCUT2D eigenvalue weighted by atomic mass is 10.0. The minimum atomic E-state index is -0.827. The first-order chi connectivity index (χ1) is 35.0. The van der Waals surface area contributed by atoms with Gasteiger partial charge in [-0.25, -0.2) is 0 Å². The first kappa shape index (κ1) is 67.3. The van der Waals surface area contributed by atoms with E-state index in [2.05, 4.69) is 112 Å². The van der Waals surface area contributed by atoms with E-state index in [1.807, 2.05) is 6.08 Å². The van der Waals surface area contributed by atoms with Crippen molar-refractivity contribution >= 4 is 17.9 Å². The summed E-state index contributed by atoms with van der Waals surface area (Å²) in [5.74, 6) is -1.01. The predicted molar refractivity (Wildman–Crippen MR) is 307 cm³/mol. The zero-order chi connectivity index (χ0) is 51.4. The molecule has 0 spiro atoms. The molecule has 0 aliphatic rings. The molecule has 0 fully saturated rings. The van der Waals surface area contributed by atoms with E-state index in [4.69, 9.17) is 14.2 Å². The van der Waals surface area contributed by atoms with Gasteiger partial charge in [0, 0.05) is 19.3 Å². The van der Waals surface area contributed by atoms with Crippen molar-refractivity contribution in [1.29, 1.82) is 0 Å². The van der Waals surface area contributed by atoms with Crippen LogP contribution in [0.4, 0.5) is 0 Å². The van der Waals surface area contributed by atoms with Gasteiger partial charge in [0.2, 0.25) is 0 Å². The summed E-state index contributed by atoms with van der Waals surface area (Å²) in [6.45, 7) is 6.52. The molecule has 0 aliphatic heterocycles. The topological polar surface area (TPSA) is 78.9 Å². The first-order valence-corrected chi connectivity index (χ1v) is 29.7. The van der Waals surface area contributed by atoms with Crippen LogP contribution in [0.3, 0.4) is 0 Å². The third kappa shape index (κ3) is 57.1. The summed E-state index contributed by atoms with van der Waals surface area (Å²) in [7, 11) is 0. The Hall–Kier alpha value is -3.67. The number of carbonyl (C=O) groups excluding carboxylic acids is 3. The molecule has 0 radical (unpaired) electrons. The second-order valence-corrected chi connectivity index (χ2v) is 19.6. The number of unbranched alkanes of at least 4 members (excludes halogenated alkanes) is 26. The molecule has 406 valence electrons. The van der Waals surface area contributed by atoms with E-state index >= 15 is 0 Å². The fraction of sp³-hybridized carbons (Fsp3) is 0.708. The lowest BCUT2D eigenvalue weighted by molar-refractivity contribution is -0.166. The van der Waals surface area contributed by atoms with E-state index in [1.54, 1.807) is 0 Å². The lowest BCUT2D eigenvalue weighted by Crippen LogP contribution is -2.30. The summed E-state index contributed by atoms with van der Waals surface area (Å²) in [6.07, 6.45) is 78.4. The number of hydrogen-bond acceptors (Lipinski definition) is 6. The molecule has 71 heavy (non-hydrogen) atoms. The highest BCUT2D eigenvalue weighted by molar-refractivity contribution is 5.71. The highest BCUT2D eigenvalue weighted by Gasteiger charge is 2.19. The van der Waals surface area contributed by atoms with Gasteiger partial charge in [-0.3, -0.25) is 14.4 Å². The molecule has 0 rings (SSSR count). The molecule has 0 N–H and O–H groups in total. The van der Waals surface area contributed by atoms with Gasteiger partial charge in [0.25, 0.3) is 0 Å². The molecule has 0 aromatic carbocycles. The van der Waals surface area contributed by atoms with Crippen molar-refractivity contribution in [2.45, 2.75) is 284 Å². The van der Waals surface area contributed by atoms with Gasteiger partial charge in [-0.15, -0.1) is 0 Å². The van der Waals surface area contributed by atoms with E-state index in [0.29, 0.717) is 19.3 Å². The number of esters is 3. The van der Waals surface area contributed by atoms with Crippen LogP contribution in [0.5, 0.6) is 0 Å². The van der Waals surface area contributed by atoms with E-state index < -0.39 is 12.1 Å². The summed E-state index contributed by atoms with van der Waals surface area (Å²) in [5.41, 5.74) is 0. The third-order valence-electron chi connectivity index (χ3n) is 12.6. The van der Waals surface area contributed by atoms with Crippen LogP contribution in [-0.2, 0) is 28.6 Å². The number of ether oxygens (including phenoxy) is 3. The largest absolute Gasteiger partial charge is 0.462 e. The average molecular weight is 988 g/mol. The molecule has 0 heterocycles. The SMILES string of the molecule is CCCCC/C=C\C/C=C\C/C=C\C/C=C\C/C=C\CCC(=O)O[C@H](COC(=O)CCCCCC/C=C\C/C=C\C/C=C\CCCCC)COC(=O)CCCCCCCCCCCCCCCCCCC. The summed E-state index contributed by atoms with van der Waals surface area (Å²) < 4.78 is 16.8. The minimum absolute atomic E-state index is 0.113. The number of rotatable bonds is 53. The second kappa shape index (κ2) is 58.9. The van der Waals surface area contributed by atoms with Crippen molar-refractivity contribution in [2.75, 3.05) is 13.2 Å². The van der Waals surface area contributed by atoms with Crippen LogP contribution in [0.1, 0.15) is 278 Å². The summed E-state index contributed by atoms with van der Waals surface area (Å²) >= 11 is 0. The zero-order valence-corrected chi connectivity index (χ0v) is 46.5. The molecule has 0 unspecified atom stereocenters. The molecule has 0 aromatic heterocycles. The Kier molecular flexibility index (Phi) is 55.9. The number of allylic oxidation sites excluding steroid dienone is 16. The smallest absolute Gasteiger partial charge is 0.306 e. The van der Waals surface area contributed by atoms with Gasteiger partial charge in [-0.05, 0) is 96.3 Å². The van der Waals surface area contributed by atoms with Crippen molar-refractivity contribution in [2.24, 2.45) is 0 Å². The predicted octanol–water partition coefficient (Wildman–Crippen LogP) is 20.1. The van der Waals surface area contributed by atoms with Gasteiger partial charge in [0.1, 0.15) is 13.2 Å². The van der Waals surface area contributed by atoms with Crippen molar-refractivity contribution in [3.63, 3.8) is 0 Å². The fourth-order valence-electron chi connectivity index (χ4n) is 8.08. The lowest BCUT2D eigenvalue weighted by Gasteiger charge is -2.18. The van der Waals surface area contributed by atoms with Crippen LogP contribution in [-0.4, -0.2) is 37.2 Å². The highest BCUT2D eigenvalue weighted by atomic mass is 16.6. The van der Waals surface area contributed by atoms with E-state index in [0.717, 1.165) is 89.9 Å². The second-order valence-electron chi connectivity index (χ2n) is 19.6. The molecule has 1 atom stereocenters. The van der Waals surface area contributed by atoms with Gasteiger partial charge >= 0.3 is 17.9 Å². The Morgan fingerprint density at radius 3 is 0.873 bits per heavy atom. The van der Waals surface area contributed by atoms with Gasteiger partial charge in [-0.2, -0.15) is 0 Å². The maximum Gasteiger partial charge on any atom is 0.306 e. The van der Waals surface area contributed by atoms with Crippen LogP contribution in [0.2, 0.25) is 0 Å². The normalized spacial score (nSPS) is 12.8. The average Bonchev–Trinajstić information content (AvgIpc) is 3.37. The molecule has 0 aromatic rings. The van der Waals surface area contributed by atoms with Gasteiger partial charge in [0.15, 0.2) is 6.10 Å². The zero-order valence-electron chi connectivity index (χ0n) is 46.5. The molecule has 6 heteroatoms. The molecule has 0 saturated heterocycles. The van der Waals surface area contributed by atoms with Crippen molar-refractivity contribution < 1.29 is 28.6 Å². The summed E-state index contributed by atoms with van der Waals surface area (Å²) in [6, 6.07) is 0. The maximum atomic E-state index is 12.8. The summed E-state index contributed by atoms with van der Waals surface area (Å²) in [4.78, 5) is 38.2. The Morgan fingerprint density at radius 1 is 0.282 bits per heavy atom. The van der Waals surface area contributed by atoms with Crippen LogP contribution in [0, 0.1) is 0 Å². The monoisotopic (exact) mass is 987 g/mol. The molecular weight excluding hydrogens is 877 g/mol. The van der Waals surface area contributed by atoms with Gasteiger partial charge < -0.3 is 14.2 Å².